The number of nitrogens with zero attached hydrogens (tertiary/aromatic N) is 2. The maximum absolute atomic E-state index is 11.5. The zero-order valence-corrected chi connectivity index (χ0v) is 15.1. The van der Waals surface area contributed by atoms with Gasteiger partial charge in [0.2, 0.25) is 0 Å². The van der Waals surface area contributed by atoms with Crippen LogP contribution in [0.1, 0.15) is 38.5 Å². The maximum Gasteiger partial charge on any atom is 0.0471 e. The number of hydrogen-bond acceptors (Lipinski definition) is 5. The minimum absolute atomic E-state index is 0.324. The van der Waals surface area contributed by atoms with Crippen molar-refractivity contribution in [3.05, 3.63) is 0 Å². The highest BCUT2D eigenvalue weighted by Gasteiger charge is 2.34. The minimum Gasteiger partial charge on any atom is -0.396 e. The largest absolute Gasteiger partial charge is 0.396 e. The summed E-state index contributed by atoms with van der Waals surface area (Å²) in [5, 5.41) is 9.68. The molecule has 0 spiro atoms. The topological polar surface area (TPSA) is 43.8 Å². The van der Waals surface area contributed by atoms with Gasteiger partial charge in [0.15, 0.2) is 0 Å². The van der Waals surface area contributed by atoms with E-state index in [9.17, 15) is 9.32 Å². The lowest BCUT2D eigenvalue weighted by Crippen LogP contribution is -2.44. The van der Waals surface area contributed by atoms with Crippen molar-refractivity contribution in [3.8, 4) is 0 Å². The Morgan fingerprint density at radius 2 is 1.73 bits per heavy atom. The molecule has 1 N–H and O–H groups in total. The predicted octanol–water partition coefficient (Wildman–Crippen LogP) is 2.12. The molecule has 6 heteroatoms. The molecule has 0 aromatic heterocycles. The molecule has 0 aromatic carbocycles. The van der Waals surface area contributed by atoms with Crippen molar-refractivity contribution in [1.82, 2.24) is 8.61 Å². The Labute approximate surface area is 141 Å². The second kappa shape index (κ2) is 8.47. The van der Waals surface area contributed by atoms with Crippen molar-refractivity contribution in [2.75, 3.05) is 44.3 Å². The van der Waals surface area contributed by atoms with E-state index < -0.39 is 10.8 Å². The first-order valence-electron chi connectivity index (χ1n) is 8.88. The summed E-state index contributed by atoms with van der Waals surface area (Å²) in [6, 6.07) is 0. The van der Waals surface area contributed by atoms with E-state index in [1.165, 1.54) is 45.1 Å². The average Bonchev–Trinajstić information content (AvgIpc) is 2.57. The molecule has 0 bridgehead atoms. The molecule has 4 nitrogen and oxygen atoms in total. The fourth-order valence-electron chi connectivity index (χ4n) is 4.21. The fraction of sp³-hybridized carbons (Fsp3) is 1.00. The summed E-state index contributed by atoms with van der Waals surface area (Å²) in [5.74, 6) is 3.71. The summed E-state index contributed by atoms with van der Waals surface area (Å²) in [6.07, 6.45) is 8.21. The van der Waals surface area contributed by atoms with E-state index in [4.69, 9.17) is 0 Å². The lowest BCUT2D eigenvalue weighted by atomic mass is 9.75. The molecule has 3 fully saturated rings. The summed E-state index contributed by atoms with van der Waals surface area (Å²) in [6.45, 7) is 4.37. The number of aliphatic hydroxyl groups excluding tert-OH is 1. The predicted molar refractivity (Wildman–Crippen MR) is 93.9 cm³/mol. The maximum atomic E-state index is 11.5. The summed E-state index contributed by atoms with van der Waals surface area (Å²) < 4.78 is 16.3. The minimum atomic E-state index is -0.600. The zero-order valence-electron chi connectivity index (χ0n) is 13.5. The normalized spacial score (nSPS) is 34.0. The van der Waals surface area contributed by atoms with Gasteiger partial charge in [-0.1, -0.05) is 32.1 Å². The monoisotopic (exact) mass is 346 g/mol. The summed E-state index contributed by atoms with van der Waals surface area (Å²) in [4.78, 5) is 0. The second-order valence-corrected chi connectivity index (χ2v) is 10.0. The van der Waals surface area contributed by atoms with Crippen LogP contribution in [0.15, 0.2) is 0 Å². The van der Waals surface area contributed by atoms with Crippen molar-refractivity contribution in [2.45, 2.75) is 38.5 Å². The Balaban J connectivity index is 1.54. The first kappa shape index (κ1) is 17.2. The van der Waals surface area contributed by atoms with E-state index >= 15 is 0 Å². The van der Waals surface area contributed by atoms with Crippen LogP contribution in [0.5, 0.6) is 0 Å². The van der Waals surface area contributed by atoms with Gasteiger partial charge in [0.1, 0.15) is 0 Å². The highest BCUT2D eigenvalue weighted by Crippen LogP contribution is 2.38. The number of rotatable bonds is 4. The molecule has 2 aliphatic heterocycles. The summed E-state index contributed by atoms with van der Waals surface area (Å²) in [5.41, 5.74) is 0. The van der Waals surface area contributed by atoms with Crippen molar-refractivity contribution in [1.29, 1.82) is 0 Å². The van der Waals surface area contributed by atoms with Gasteiger partial charge in [-0.15, -0.1) is 0 Å². The van der Waals surface area contributed by atoms with Crippen molar-refractivity contribution in [3.63, 3.8) is 0 Å². The SMILES string of the molecule is O=S1CCN(SN2CC(CO)CC(C3CCCCC3)C2)CC1. The van der Waals surface area contributed by atoms with Gasteiger partial charge in [-0.05, 0) is 24.2 Å². The third kappa shape index (κ3) is 4.69. The van der Waals surface area contributed by atoms with Crippen molar-refractivity contribution >= 4 is 22.9 Å². The number of aliphatic hydroxyl groups is 1. The van der Waals surface area contributed by atoms with E-state index in [0.29, 0.717) is 12.5 Å². The second-order valence-electron chi connectivity index (χ2n) is 7.15. The highest BCUT2D eigenvalue weighted by molar-refractivity contribution is 7.94. The molecule has 3 aliphatic rings. The molecular formula is C16H30N2O2S2. The van der Waals surface area contributed by atoms with E-state index in [1.807, 2.05) is 12.1 Å². The summed E-state index contributed by atoms with van der Waals surface area (Å²) in [7, 11) is -0.600. The third-order valence-corrected chi connectivity index (χ3v) is 7.88. The van der Waals surface area contributed by atoms with Crippen LogP contribution in [0.25, 0.3) is 0 Å². The average molecular weight is 347 g/mol. The molecule has 3 rings (SSSR count). The molecule has 0 amide bonds. The van der Waals surface area contributed by atoms with Crippen LogP contribution in [-0.4, -0.2) is 62.2 Å². The van der Waals surface area contributed by atoms with Crippen LogP contribution in [-0.2, 0) is 10.8 Å². The standard InChI is InChI=1S/C16H30N2O2S2/c19-13-14-10-16(15-4-2-1-3-5-15)12-18(11-14)21-17-6-8-22(20)9-7-17/h14-16,19H,1-13H2. The van der Waals surface area contributed by atoms with Crippen LogP contribution in [0.3, 0.4) is 0 Å². The molecule has 1 saturated carbocycles. The van der Waals surface area contributed by atoms with Crippen LogP contribution in [0.4, 0.5) is 0 Å². The third-order valence-electron chi connectivity index (χ3n) is 5.48. The van der Waals surface area contributed by atoms with E-state index in [-0.39, 0.29) is 0 Å². The van der Waals surface area contributed by atoms with E-state index in [1.54, 1.807) is 0 Å². The molecule has 2 heterocycles. The fourth-order valence-corrected chi connectivity index (χ4v) is 6.70. The molecule has 0 aromatic rings. The van der Waals surface area contributed by atoms with Gasteiger partial charge in [-0.25, -0.2) is 8.61 Å². The first-order valence-corrected chi connectivity index (χ1v) is 11.1. The molecule has 2 atom stereocenters. The number of hydrogen-bond donors (Lipinski definition) is 1. The van der Waals surface area contributed by atoms with Gasteiger partial charge < -0.3 is 5.11 Å². The van der Waals surface area contributed by atoms with Gasteiger partial charge >= 0.3 is 0 Å². The first-order chi connectivity index (χ1) is 10.7. The molecule has 2 unspecified atom stereocenters. The lowest BCUT2D eigenvalue weighted by molar-refractivity contribution is 0.0933. The molecule has 2 saturated heterocycles. The molecule has 1 aliphatic carbocycles. The number of piperidine rings is 1. The molecule has 128 valence electrons. The lowest BCUT2D eigenvalue weighted by Gasteiger charge is -2.42. The van der Waals surface area contributed by atoms with Gasteiger partial charge in [0.25, 0.3) is 0 Å². The van der Waals surface area contributed by atoms with Crippen LogP contribution >= 0.6 is 12.1 Å². The Hall–Kier alpha value is 0.380. The van der Waals surface area contributed by atoms with Gasteiger partial charge in [-0.2, -0.15) is 0 Å². The van der Waals surface area contributed by atoms with Gasteiger partial charge in [0.05, 0.1) is 0 Å². The van der Waals surface area contributed by atoms with Crippen LogP contribution < -0.4 is 0 Å². The van der Waals surface area contributed by atoms with E-state index in [0.717, 1.165) is 43.0 Å². The van der Waals surface area contributed by atoms with Crippen LogP contribution in [0, 0.1) is 17.8 Å². The summed E-state index contributed by atoms with van der Waals surface area (Å²) >= 11 is 1.85. The smallest absolute Gasteiger partial charge is 0.0471 e. The van der Waals surface area contributed by atoms with Crippen molar-refractivity contribution in [2.24, 2.45) is 17.8 Å². The zero-order chi connectivity index (χ0) is 15.4. The Bertz CT molecular complexity index is 367. The molecular weight excluding hydrogens is 316 g/mol. The van der Waals surface area contributed by atoms with E-state index in [2.05, 4.69) is 8.61 Å². The molecule has 0 radical (unpaired) electrons. The molecule has 22 heavy (non-hydrogen) atoms. The van der Waals surface area contributed by atoms with Gasteiger partial charge in [0, 0.05) is 67.2 Å². The Morgan fingerprint density at radius 3 is 2.41 bits per heavy atom. The Morgan fingerprint density at radius 1 is 1.00 bits per heavy atom. The Kier molecular flexibility index (Phi) is 6.63. The van der Waals surface area contributed by atoms with Crippen molar-refractivity contribution < 1.29 is 9.32 Å². The van der Waals surface area contributed by atoms with Gasteiger partial charge in [-0.3, -0.25) is 4.21 Å². The quantitative estimate of drug-likeness (QED) is 0.790. The van der Waals surface area contributed by atoms with Crippen LogP contribution in [0.2, 0.25) is 0 Å². The highest BCUT2D eigenvalue weighted by atomic mass is 32.2.